The van der Waals surface area contributed by atoms with Crippen molar-refractivity contribution in [1.29, 1.82) is 5.26 Å². The maximum atomic E-state index is 9.40. The van der Waals surface area contributed by atoms with Gasteiger partial charge in [-0.25, -0.2) is 4.98 Å². The summed E-state index contributed by atoms with van der Waals surface area (Å²) < 4.78 is 0. The summed E-state index contributed by atoms with van der Waals surface area (Å²) in [5.74, 6) is 0. The Kier molecular flexibility index (Phi) is 5.34. The van der Waals surface area contributed by atoms with E-state index < -0.39 is 0 Å². The summed E-state index contributed by atoms with van der Waals surface area (Å²) in [5.41, 5.74) is 6.45. The molecule has 3 rings (SSSR count). The first kappa shape index (κ1) is 17.4. The third-order valence-corrected chi connectivity index (χ3v) is 4.85. The summed E-state index contributed by atoms with van der Waals surface area (Å²) in [6.07, 6.45) is 0. The third-order valence-electron chi connectivity index (χ3n) is 3.45. The zero-order chi connectivity index (χ0) is 17.8. The highest BCUT2D eigenvalue weighted by molar-refractivity contribution is 7.12. The number of para-hydroxylation sites is 1. The van der Waals surface area contributed by atoms with Gasteiger partial charge < -0.3 is 0 Å². The lowest BCUT2D eigenvalue weighted by molar-refractivity contribution is 1.28. The molecule has 0 amide bonds. The molecule has 1 aromatic heterocycles. The first-order valence-corrected chi connectivity index (χ1v) is 8.93. The molecule has 2 aromatic carbocycles. The van der Waals surface area contributed by atoms with Crippen molar-refractivity contribution in [2.75, 3.05) is 5.43 Å². The average molecular weight is 387 g/mol. The van der Waals surface area contributed by atoms with Crippen LogP contribution < -0.4 is 5.43 Å². The second-order valence-electron chi connectivity index (χ2n) is 5.16. The van der Waals surface area contributed by atoms with Crippen LogP contribution in [0.5, 0.6) is 0 Å². The van der Waals surface area contributed by atoms with Crippen LogP contribution in [0.3, 0.4) is 0 Å². The van der Waals surface area contributed by atoms with Crippen molar-refractivity contribution in [1.82, 2.24) is 4.98 Å². The lowest BCUT2D eigenvalue weighted by Gasteiger charge is -2.04. The summed E-state index contributed by atoms with van der Waals surface area (Å²) in [6.45, 7) is 1.97. The normalized spacial score (nSPS) is 11.2. The quantitative estimate of drug-likeness (QED) is 0.457. The van der Waals surface area contributed by atoms with Crippen LogP contribution in [-0.4, -0.2) is 10.7 Å². The summed E-state index contributed by atoms with van der Waals surface area (Å²) >= 11 is 13.5. The third kappa shape index (κ3) is 3.99. The van der Waals surface area contributed by atoms with Crippen LogP contribution >= 0.6 is 34.5 Å². The van der Waals surface area contributed by atoms with E-state index in [0.717, 1.165) is 16.8 Å². The van der Waals surface area contributed by atoms with E-state index in [1.807, 2.05) is 36.6 Å². The number of thiazole rings is 1. The average Bonchev–Trinajstić information content (AvgIpc) is 3.06. The van der Waals surface area contributed by atoms with Gasteiger partial charge in [0.05, 0.1) is 16.4 Å². The Bertz CT molecular complexity index is 989. The molecule has 0 spiro atoms. The highest BCUT2D eigenvalue weighted by atomic mass is 35.5. The maximum absolute atomic E-state index is 9.40. The maximum Gasteiger partial charge on any atom is 0.196 e. The summed E-state index contributed by atoms with van der Waals surface area (Å²) in [4.78, 5) is 4.47. The minimum atomic E-state index is 0.213. The van der Waals surface area contributed by atoms with E-state index in [1.54, 1.807) is 18.2 Å². The van der Waals surface area contributed by atoms with E-state index in [1.165, 1.54) is 11.3 Å². The van der Waals surface area contributed by atoms with Gasteiger partial charge in [0.2, 0.25) is 0 Å². The first-order valence-electron chi connectivity index (χ1n) is 7.29. The minimum Gasteiger partial charge on any atom is -0.277 e. The second-order valence-corrected chi connectivity index (χ2v) is 6.86. The molecular weight excluding hydrogens is 375 g/mol. The molecule has 25 heavy (non-hydrogen) atoms. The Morgan fingerprint density at radius 3 is 2.76 bits per heavy atom. The van der Waals surface area contributed by atoms with Crippen LogP contribution in [0.15, 0.2) is 52.9 Å². The van der Waals surface area contributed by atoms with Crippen molar-refractivity contribution >= 4 is 45.9 Å². The molecule has 0 aliphatic heterocycles. The molecule has 1 N–H and O–H groups in total. The van der Waals surface area contributed by atoms with Gasteiger partial charge in [-0.1, -0.05) is 41.4 Å². The molecular formula is C18H12Cl2N4S. The number of benzene rings is 2. The van der Waals surface area contributed by atoms with E-state index in [9.17, 15) is 5.26 Å². The van der Waals surface area contributed by atoms with Crippen molar-refractivity contribution in [3.05, 3.63) is 68.5 Å². The predicted molar refractivity (Wildman–Crippen MR) is 105 cm³/mol. The molecule has 7 heteroatoms. The molecule has 0 unspecified atom stereocenters. The van der Waals surface area contributed by atoms with Gasteiger partial charge in [-0.2, -0.15) is 10.4 Å². The van der Waals surface area contributed by atoms with Gasteiger partial charge in [0.25, 0.3) is 0 Å². The molecule has 0 saturated heterocycles. The van der Waals surface area contributed by atoms with E-state index in [4.69, 9.17) is 23.2 Å². The smallest absolute Gasteiger partial charge is 0.196 e. The number of anilines is 1. The van der Waals surface area contributed by atoms with Crippen LogP contribution in [0.4, 0.5) is 5.69 Å². The molecule has 0 bridgehead atoms. The number of hydrazone groups is 1. The largest absolute Gasteiger partial charge is 0.277 e. The number of halogens is 2. The van der Waals surface area contributed by atoms with Gasteiger partial charge in [-0.3, -0.25) is 5.43 Å². The van der Waals surface area contributed by atoms with Gasteiger partial charge in [0.1, 0.15) is 6.07 Å². The number of aryl methyl sites for hydroxylation is 1. The van der Waals surface area contributed by atoms with Gasteiger partial charge in [-0.05, 0) is 36.8 Å². The standard InChI is InChI=1S/C18H12Cl2N4S/c1-11-4-2-3-5-15(11)23-24-16(9-21)18-22-17(10-25-18)13-7-6-12(19)8-14(13)20/h2-8,10,23H,1H3. The number of rotatable bonds is 4. The van der Waals surface area contributed by atoms with Gasteiger partial charge in [0, 0.05) is 16.0 Å². The molecule has 0 atom stereocenters. The minimum absolute atomic E-state index is 0.213. The zero-order valence-corrected chi connectivity index (χ0v) is 15.5. The Labute approximate surface area is 159 Å². The summed E-state index contributed by atoms with van der Waals surface area (Å²) in [5, 5.41) is 17.0. The van der Waals surface area contributed by atoms with Crippen LogP contribution in [0.25, 0.3) is 11.3 Å². The van der Waals surface area contributed by atoms with Crippen molar-refractivity contribution in [3.8, 4) is 17.3 Å². The SMILES string of the molecule is Cc1ccccc1NN=C(C#N)c1nc(-c2ccc(Cl)cc2Cl)cs1. The number of hydrogen-bond acceptors (Lipinski definition) is 5. The number of nitrogens with one attached hydrogen (secondary N) is 1. The summed E-state index contributed by atoms with van der Waals surface area (Å²) in [6, 6.07) is 15.0. The second kappa shape index (κ2) is 7.66. The van der Waals surface area contributed by atoms with Gasteiger partial charge >= 0.3 is 0 Å². The summed E-state index contributed by atoms with van der Waals surface area (Å²) in [7, 11) is 0. The lowest BCUT2D eigenvalue weighted by atomic mass is 10.2. The van der Waals surface area contributed by atoms with Crippen molar-refractivity contribution in [2.24, 2.45) is 5.10 Å². The molecule has 0 radical (unpaired) electrons. The zero-order valence-electron chi connectivity index (χ0n) is 13.1. The van der Waals surface area contributed by atoms with Crippen LogP contribution in [0, 0.1) is 18.3 Å². The number of aromatic nitrogens is 1. The molecule has 124 valence electrons. The van der Waals surface area contributed by atoms with Crippen LogP contribution in [0.2, 0.25) is 10.0 Å². The van der Waals surface area contributed by atoms with Crippen molar-refractivity contribution in [3.63, 3.8) is 0 Å². The van der Waals surface area contributed by atoms with Gasteiger partial charge in [0.15, 0.2) is 10.7 Å². The molecule has 1 heterocycles. The Morgan fingerprint density at radius 1 is 1.24 bits per heavy atom. The highest BCUT2D eigenvalue weighted by Crippen LogP contribution is 2.31. The van der Waals surface area contributed by atoms with E-state index >= 15 is 0 Å². The first-order chi connectivity index (χ1) is 12.1. The fourth-order valence-corrected chi connectivity index (χ4v) is 3.40. The van der Waals surface area contributed by atoms with Crippen molar-refractivity contribution in [2.45, 2.75) is 6.92 Å². The van der Waals surface area contributed by atoms with E-state index in [-0.39, 0.29) is 5.71 Å². The number of nitriles is 1. The molecule has 0 fully saturated rings. The Hall–Kier alpha value is -2.39. The Morgan fingerprint density at radius 2 is 2.04 bits per heavy atom. The molecule has 0 aliphatic rings. The van der Waals surface area contributed by atoms with E-state index in [0.29, 0.717) is 20.7 Å². The topological polar surface area (TPSA) is 61.1 Å². The lowest BCUT2D eigenvalue weighted by Crippen LogP contribution is -2.02. The fraction of sp³-hybridized carbons (Fsp3) is 0.0556. The van der Waals surface area contributed by atoms with Gasteiger partial charge in [-0.15, -0.1) is 11.3 Å². The molecule has 0 aliphatic carbocycles. The number of hydrogen-bond donors (Lipinski definition) is 1. The molecule has 0 saturated carbocycles. The predicted octanol–water partition coefficient (Wildman–Crippen LogP) is 5.77. The molecule has 4 nitrogen and oxygen atoms in total. The van der Waals surface area contributed by atoms with Crippen LogP contribution in [0.1, 0.15) is 10.6 Å². The van der Waals surface area contributed by atoms with Crippen LogP contribution in [-0.2, 0) is 0 Å². The highest BCUT2D eigenvalue weighted by Gasteiger charge is 2.13. The monoisotopic (exact) mass is 386 g/mol. The molecule has 3 aromatic rings. The van der Waals surface area contributed by atoms with E-state index in [2.05, 4.69) is 21.6 Å². The Balaban J connectivity index is 1.88. The number of nitrogens with zero attached hydrogens (tertiary/aromatic N) is 3. The fourth-order valence-electron chi connectivity index (χ4n) is 2.14. The van der Waals surface area contributed by atoms with Crippen molar-refractivity contribution < 1.29 is 0 Å².